The first kappa shape index (κ1) is 19.8. The number of nitrogens with zero attached hydrogens (tertiary/aromatic N) is 3. The zero-order valence-corrected chi connectivity index (χ0v) is 16.1. The molecule has 3 rings (SSSR count). The number of nitrogen functional groups attached to an aromatic ring is 1. The van der Waals surface area contributed by atoms with Crippen molar-refractivity contribution in [3.8, 4) is 0 Å². The summed E-state index contributed by atoms with van der Waals surface area (Å²) in [6, 6.07) is 10.9. The number of rotatable bonds is 6. The van der Waals surface area contributed by atoms with Crippen LogP contribution in [0.4, 0.5) is 17.1 Å². The molecular formula is C18H21N5O4S. The SMILES string of the molecule is C/C(=N/Nc1ccc(S(=O)(=O)N2CCCC2)cc1[N+](=O)[O-])c1cccc(N)c1. The molecule has 10 heteroatoms. The Morgan fingerprint density at radius 2 is 1.93 bits per heavy atom. The molecule has 0 atom stereocenters. The van der Waals surface area contributed by atoms with E-state index in [0.29, 0.717) is 24.5 Å². The van der Waals surface area contributed by atoms with Gasteiger partial charge in [-0.2, -0.15) is 9.41 Å². The van der Waals surface area contributed by atoms with Gasteiger partial charge in [-0.05, 0) is 49.6 Å². The van der Waals surface area contributed by atoms with Crippen LogP contribution >= 0.6 is 0 Å². The highest BCUT2D eigenvalue weighted by Gasteiger charge is 2.29. The van der Waals surface area contributed by atoms with Crippen LogP contribution in [0.25, 0.3) is 0 Å². The number of nitro benzene ring substituents is 1. The highest BCUT2D eigenvalue weighted by molar-refractivity contribution is 7.89. The minimum Gasteiger partial charge on any atom is -0.399 e. The molecule has 1 heterocycles. The largest absolute Gasteiger partial charge is 0.399 e. The summed E-state index contributed by atoms with van der Waals surface area (Å²) in [4.78, 5) is 10.8. The lowest BCUT2D eigenvalue weighted by Gasteiger charge is -2.15. The summed E-state index contributed by atoms with van der Waals surface area (Å²) in [7, 11) is -3.74. The fraction of sp³-hybridized carbons (Fsp3) is 0.278. The third kappa shape index (κ3) is 4.12. The van der Waals surface area contributed by atoms with E-state index in [1.54, 1.807) is 25.1 Å². The van der Waals surface area contributed by atoms with Crippen LogP contribution in [0.15, 0.2) is 52.5 Å². The molecule has 0 aromatic heterocycles. The maximum Gasteiger partial charge on any atom is 0.295 e. The standard InChI is InChI=1S/C18H21N5O4S/c1-13(14-5-4-6-15(19)11-14)20-21-17-8-7-16(12-18(17)23(24)25)28(26,27)22-9-2-3-10-22/h4-8,11-12,21H,2-3,9-10,19H2,1H3/b20-13-. The highest BCUT2D eigenvalue weighted by Crippen LogP contribution is 2.30. The lowest BCUT2D eigenvalue weighted by Crippen LogP contribution is -2.27. The van der Waals surface area contributed by atoms with Gasteiger partial charge in [0.25, 0.3) is 5.69 Å². The maximum atomic E-state index is 12.6. The van der Waals surface area contributed by atoms with Crippen LogP contribution in [0.2, 0.25) is 0 Å². The topological polar surface area (TPSA) is 131 Å². The third-order valence-corrected chi connectivity index (χ3v) is 6.41. The number of hydrazone groups is 1. The smallest absolute Gasteiger partial charge is 0.295 e. The first-order valence-electron chi connectivity index (χ1n) is 8.74. The van der Waals surface area contributed by atoms with Gasteiger partial charge in [-0.15, -0.1) is 0 Å². The Morgan fingerprint density at radius 3 is 2.57 bits per heavy atom. The first-order valence-corrected chi connectivity index (χ1v) is 10.2. The van der Waals surface area contributed by atoms with E-state index < -0.39 is 14.9 Å². The Balaban J connectivity index is 1.89. The van der Waals surface area contributed by atoms with Gasteiger partial charge in [0.1, 0.15) is 5.69 Å². The van der Waals surface area contributed by atoms with E-state index >= 15 is 0 Å². The molecule has 0 radical (unpaired) electrons. The van der Waals surface area contributed by atoms with Gasteiger partial charge in [-0.25, -0.2) is 8.42 Å². The molecule has 148 valence electrons. The lowest BCUT2D eigenvalue weighted by atomic mass is 10.1. The maximum absolute atomic E-state index is 12.6. The quantitative estimate of drug-likeness (QED) is 0.330. The van der Waals surface area contributed by atoms with Crippen molar-refractivity contribution in [1.82, 2.24) is 4.31 Å². The van der Waals surface area contributed by atoms with Gasteiger partial charge in [0.15, 0.2) is 0 Å². The molecule has 0 unspecified atom stereocenters. The summed E-state index contributed by atoms with van der Waals surface area (Å²) in [6.45, 7) is 2.60. The van der Waals surface area contributed by atoms with Crippen molar-refractivity contribution in [2.24, 2.45) is 5.10 Å². The summed E-state index contributed by atoms with van der Waals surface area (Å²) in [5, 5.41) is 15.6. The molecule has 0 amide bonds. The molecule has 1 saturated heterocycles. The van der Waals surface area contributed by atoms with Crippen LogP contribution in [0.3, 0.4) is 0 Å². The zero-order chi connectivity index (χ0) is 20.3. The number of nitrogens with one attached hydrogen (secondary N) is 1. The van der Waals surface area contributed by atoms with Gasteiger partial charge in [-0.1, -0.05) is 12.1 Å². The number of hydrogen-bond acceptors (Lipinski definition) is 7. The second kappa shape index (κ2) is 7.95. The van der Waals surface area contributed by atoms with Gasteiger partial charge in [0.2, 0.25) is 10.0 Å². The summed E-state index contributed by atoms with van der Waals surface area (Å²) < 4.78 is 26.6. The normalized spacial score (nSPS) is 15.5. The molecule has 2 aromatic rings. The van der Waals surface area contributed by atoms with Gasteiger partial charge in [-0.3, -0.25) is 15.5 Å². The molecular weight excluding hydrogens is 382 g/mol. The number of nitro groups is 1. The lowest BCUT2D eigenvalue weighted by molar-refractivity contribution is -0.384. The average Bonchev–Trinajstić information content (AvgIpc) is 3.21. The third-order valence-electron chi connectivity index (χ3n) is 4.52. The number of hydrogen-bond donors (Lipinski definition) is 2. The molecule has 9 nitrogen and oxygen atoms in total. The summed E-state index contributed by atoms with van der Waals surface area (Å²) >= 11 is 0. The highest BCUT2D eigenvalue weighted by atomic mass is 32.2. The van der Waals surface area contributed by atoms with Crippen LogP contribution in [-0.4, -0.2) is 36.4 Å². The Labute approximate surface area is 163 Å². The average molecular weight is 403 g/mol. The molecule has 1 fully saturated rings. The summed E-state index contributed by atoms with van der Waals surface area (Å²) in [6.07, 6.45) is 1.58. The number of anilines is 2. The summed E-state index contributed by atoms with van der Waals surface area (Å²) in [5.41, 5.74) is 10.1. The van der Waals surface area contributed by atoms with E-state index in [4.69, 9.17) is 5.73 Å². The van der Waals surface area contributed by atoms with E-state index in [1.807, 2.05) is 6.07 Å². The van der Waals surface area contributed by atoms with E-state index in [-0.39, 0.29) is 16.3 Å². The van der Waals surface area contributed by atoms with Crippen molar-refractivity contribution in [3.63, 3.8) is 0 Å². The first-order chi connectivity index (χ1) is 13.3. The minimum absolute atomic E-state index is 0.0943. The number of sulfonamides is 1. The van der Waals surface area contributed by atoms with Gasteiger partial charge >= 0.3 is 0 Å². The molecule has 0 bridgehead atoms. The zero-order valence-electron chi connectivity index (χ0n) is 15.3. The van der Waals surface area contributed by atoms with Crippen LogP contribution in [0, 0.1) is 10.1 Å². The molecule has 28 heavy (non-hydrogen) atoms. The predicted molar refractivity (Wildman–Crippen MR) is 108 cm³/mol. The molecule has 1 aliphatic rings. The van der Waals surface area contributed by atoms with Crippen molar-refractivity contribution < 1.29 is 13.3 Å². The monoisotopic (exact) mass is 403 g/mol. The fourth-order valence-electron chi connectivity index (χ4n) is 2.97. The van der Waals surface area contributed by atoms with Gasteiger partial charge < -0.3 is 5.73 Å². The molecule has 0 aliphatic carbocycles. The van der Waals surface area contributed by atoms with Crippen molar-refractivity contribution in [1.29, 1.82) is 0 Å². The molecule has 0 saturated carbocycles. The van der Waals surface area contributed by atoms with Crippen molar-refractivity contribution in [2.75, 3.05) is 24.2 Å². The Kier molecular flexibility index (Phi) is 5.61. The predicted octanol–water partition coefficient (Wildman–Crippen LogP) is 2.80. The van der Waals surface area contributed by atoms with E-state index in [9.17, 15) is 18.5 Å². The molecule has 2 aromatic carbocycles. The van der Waals surface area contributed by atoms with Crippen molar-refractivity contribution >= 4 is 32.8 Å². The second-order valence-electron chi connectivity index (χ2n) is 6.48. The van der Waals surface area contributed by atoms with Gasteiger partial charge in [0.05, 0.1) is 15.5 Å². The van der Waals surface area contributed by atoms with Crippen LogP contribution in [0.5, 0.6) is 0 Å². The Bertz CT molecular complexity index is 1030. The van der Waals surface area contributed by atoms with E-state index in [1.165, 1.54) is 16.4 Å². The fourth-order valence-corrected chi connectivity index (χ4v) is 4.51. The Morgan fingerprint density at radius 1 is 1.21 bits per heavy atom. The second-order valence-corrected chi connectivity index (χ2v) is 8.42. The van der Waals surface area contributed by atoms with Crippen LogP contribution in [0.1, 0.15) is 25.3 Å². The van der Waals surface area contributed by atoms with Crippen molar-refractivity contribution in [2.45, 2.75) is 24.7 Å². The van der Waals surface area contributed by atoms with E-state index in [2.05, 4.69) is 10.5 Å². The van der Waals surface area contributed by atoms with Crippen LogP contribution in [-0.2, 0) is 10.0 Å². The molecule has 3 N–H and O–H groups in total. The molecule has 0 spiro atoms. The summed E-state index contributed by atoms with van der Waals surface area (Å²) in [5.74, 6) is 0. The number of nitrogens with two attached hydrogens (primary N) is 1. The number of benzene rings is 2. The van der Waals surface area contributed by atoms with Crippen LogP contribution < -0.4 is 11.2 Å². The van der Waals surface area contributed by atoms with E-state index in [0.717, 1.165) is 24.5 Å². The molecule has 1 aliphatic heterocycles. The van der Waals surface area contributed by atoms with Crippen molar-refractivity contribution in [3.05, 3.63) is 58.1 Å². The minimum atomic E-state index is -3.74. The van der Waals surface area contributed by atoms with Gasteiger partial charge in [0, 0.05) is 24.8 Å². The Hall–Kier alpha value is -2.98.